The SMILES string of the molecule is CCC(N)C(O)(c1cnnn1-c1ccccc1)C(F)(F)F. The highest BCUT2D eigenvalue weighted by atomic mass is 19.4. The van der Waals surface area contributed by atoms with Gasteiger partial charge >= 0.3 is 6.18 Å². The Morgan fingerprint density at radius 3 is 2.43 bits per heavy atom. The van der Waals surface area contributed by atoms with Crippen LogP contribution in [0, 0.1) is 0 Å². The van der Waals surface area contributed by atoms with Crippen molar-refractivity contribution in [2.24, 2.45) is 5.73 Å². The number of nitrogens with two attached hydrogens (primary N) is 1. The molecule has 2 rings (SSSR count). The summed E-state index contributed by atoms with van der Waals surface area (Å²) >= 11 is 0. The number of aromatic nitrogens is 3. The highest BCUT2D eigenvalue weighted by Crippen LogP contribution is 2.42. The molecule has 0 aliphatic heterocycles. The van der Waals surface area contributed by atoms with E-state index in [0.717, 1.165) is 10.9 Å². The number of hydrogen-bond donors (Lipinski definition) is 2. The number of benzene rings is 1. The van der Waals surface area contributed by atoms with Gasteiger partial charge in [-0.2, -0.15) is 13.2 Å². The van der Waals surface area contributed by atoms with Crippen LogP contribution in [0.3, 0.4) is 0 Å². The molecule has 21 heavy (non-hydrogen) atoms. The second kappa shape index (κ2) is 5.45. The number of para-hydroxylation sites is 1. The number of rotatable bonds is 4. The molecule has 114 valence electrons. The molecule has 1 heterocycles. The van der Waals surface area contributed by atoms with Crippen molar-refractivity contribution < 1.29 is 18.3 Å². The summed E-state index contributed by atoms with van der Waals surface area (Å²) in [7, 11) is 0. The normalized spacial score (nSPS) is 16.5. The van der Waals surface area contributed by atoms with Gasteiger partial charge in [0.25, 0.3) is 0 Å². The van der Waals surface area contributed by atoms with Gasteiger partial charge in [-0.15, -0.1) is 5.10 Å². The zero-order valence-corrected chi connectivity index (χ0v) is 11.2. The molecule has 0 fully saturated rings. The van der Waals surface area contributed by atoms with Crippen LogP contribution in [-0.4, -0.2) is 32.3 Å². The highest BCUT2D eigenvalue weighted by Gasteiger charge is 2.60. The second-order valence-electron chi connectivity index (χ2n) is 4.65. The average molecular weight is 300 g/mol. The molecule has 0 spiro atoms. The third kappa shape index (κ3) is 2.52. The van der Waals surface area contributed by atoms with E-state index in [1.165, 1.54) is 6.92 Å². The maximum atomic E-state index is 13.4. The summed E-state index contributed by atoms with van der Waals surface area (Å²) in [5.74, 6) is 0. The van der Waals surface area contributed by atoms with Crippen molar-refractivity contribution in [2.45, 2.75) is 31.2 Å². The molecule has 2 unspecified atom stereocenters. The third-order valence-corrected chi connectivity index (χ3v) is 3.35. The molecule has 2 atom stereocenters. The fraction of sp³-hybridized carbons (Fsp3) is 0.385. The van der Waals surface area contributed by atoms with Gasteiger partial charge in [0.05, 0.1) is 11.9 Å². The van der Waals surface area contributed by atoms with Crippen LogP contribution in [0.5, 0.6) is 0 Å². The van der Waals surface area contributed by atoms with Gasteiger partial charge in [0, 0.05) is 6.04 Å². The van der Waals surface area contributed by atoms with Crippen LogP contribution in [0.4, 0.5) is 13.2 Å². The maximum Gasteiger partial charge on any atom is 0.424 e. The summed E-state index contributed by atoms with van der Waals surface area (Å²) in [6.07, 6.45) is -4.12. The Kier molecular flexibility index (Phi) is 4.02. The Morgan fingerprint density at radius 2 is 1.90 bits per heavy atom. The van der Waals surface area contributed by atoms with Crippen LogP contribution in [-0.2, 0) is 5.60 Å². The van der Waals surface area contributed by atoms with Crippen LogP contribution < -0.4 is 5.73 Å². The molecule has 0 radical (unpaired) electrons. The summed E-state index contributed by atoms with van der Waals surface area (Å²) < 4.78 is 41.2. The molecule has 0 aliphatic carbocycles. The summed E-state index contributed by atoms with van der Waals surface area (Å²) in [5, 5.41) is 17.4. The molecular weight excluding hydrogens is 285 g/mol. The zero-order chi connectivity index (χ0) is 15.7. The van der Waals surface area contributed by atoms with Crippen molar-refractivity contribution in [2.75, 3.05) is 0 Å². The largest absolute Gasteiger partial charge is 0.424 e. The van der Waals surface area contributed by atoms with E-state index < -0.39 is 23.5 Å². The minimum atomic E-state index is -4.95. The predicted octanol–water partition coefficient (Wildman–Crippen LogP) is 1.75. The standard InChI is InChI=1S/C13H15F3N4O/c1-2-10(17)12(21,13(14,15)16)11-8-18-19-20(11)9-6-4-3-5-7-9/h3-8,10,21H,2,17H2,1H3. The van der Waals surface area contributed by atoms with E-state index >= 15 is 0 Å². The van der Waals surface area contributed by atoms with Crippen molar-refractivity contribution in [1.29, 1.82) is 0 Å². The number of nitrogens with zero attached hydrogens (tertiary/aromatic N) is 3. The Balaban J connectivity index is 2.62. The molecule has 2 aromatic rings. The number of halogens is 3. The number of hydrogen-bond acceptors (Lipinski definition) is 4. The Labute approximate surface area is 119 Å². The quantitative estimate of drug-likeness (QED) is 0.902. The van der Waals surface area contributed by atoms with Gasteiger partial charge < -0.3 is 10.8 Å². The van der Waals surface area contributed by atoms with E-state index in [4.69, 9.17) is 5.73 Å². The number of aliphatic hydroxyl groups is 1. The lowest BCUT2D eigenvalue weighted by atomic mass is 9.88. The van der Waals surface area contributed by atoms with Gasteiger partial charge in [0.15, 0.2) is 0 Å². The van der Waals surface area contributed by atoms with Crippen molar-refractivity contribution in [3.8, 4) is 5.69 Å². The van der Waals surface area contributed by atoms with Crippen LogP contribution in [0.2, 0.25) is 0 Å². The highest BCUT2D eigenvalue weighted by molar-refractivity contribution is 5.34. The molecule has 0 amide bonds. The summed E-state index contributed by atoms with van der Waals surface area (Å²) in [6, 6.07) is 6.60. The fourth-order valence-electron chi connectivity index (χ4n) is 2.10. The first-order chi connectivity index (χ1) is 9.82. The summed E-state index contributed by atoms with van der Waals surface area (Å²) in [5.41, 5.74) is 2.17. The number of alkyl halides is 3. The topological polar surface area (TPSA) is 77.0 Å². The van der Waals surface area contributed by atoms with Gasteiger partial charge in [0.2, 0.25) is 5.60 Å². The van der Waals surface area contributed by atoms with Crippen LogP contribution in [0.15, 0.2) is 36.5 Å². The Bertz CT molecular complexity index is 599. The first-order valence-electron chi connectivity index (χ1n) is 6.33. The molecule has 0 bridgehead atoms. The van der Waals surface area contributed by atoms with Gasteiger partial charge in [0.1, 0.15) is 5.69 Å². The van der Waals surface area contributed by atoms with Crippen LogP contribution in [0.25, 0.3) is 5.69 Å². The lowest BCUT2D eigenvalue weighted by molar-refractivity contribution is -0.276. The van der Waals surface area contributed by atoms with Crippen LogP contribution in [0.1, 0.15) is 19.0 Å². The smallest absolute Gasteiger partial charge is 0.374 e. The molecule has 0 aliphatic rings. The fourth-order valence-corrected chi connectivity index (χ4v) is 2.10. The molecule has 5 nitrogen and oxygen atoms in total. The molecule has 8 heteroatoms. The second-order valence-corrected chi connectivity index (χ2v) is 4.65. The van der Waals surface area contributed by atoms with Crippen molar-refractivity contribution >= 4 is 0 Å². The first kappa shape index (κ1) is 15.5. The van der Waals surface area contributed by atoms with Gasteiger partial charge in [-0.1, -0.05) is 30.3 Å². The summed E-state index contributed by atoms with van der Waals surface area (Å²) in [6.45, 7) is 1.47. The van der Waals surface area contributed by atoms with E-state index in [2.05, 4.69) is 10.3 Å². The maximum absolute atomic E-state index is 13.4. The minimum Gasteiger partial charge on any atom is -0.374 e. The Morgan fingerprint density at radius 1 is 1.29 bits per heavy atom. The molecular formula is C13H15F3N4O. The molecule has 1 aromatic carbocycles. The van der Waals surface area contributed by atoms with Gasteiger partial charge in [-0.25, -0.2) is 4.68 Å². The van der Waals surface area contributed by atoms with Gasteiger partial charge in [-0.05, 0) is 18.6 Å². The third-order valence-electron chi connectivity index (χ3n) is 3.35. The van der Waals surface area contributed by atoms with E-state index in [-0.39, 0.29) is 6.42 Å². The van der Waals surface area contributed by atoms with Crippen molar-refractivity contribution in [3.05, 3.63) is 42.2 Å². The molecule has 3 N–H and O–H groups in total. The van der Waals surface area contributed by atoms with E-state index in [1.807, 2.05) is 0 Å². The van der Waals surface area contributed by atoms with E-state index in [0.29, 0.717) is 5.69 Å². The Hall–Kier alpha value is -1.93. The predicted molar refractivity (Wildman–Crippen MR) is 69.6 cm³/mol. The average Bonchev–Trinajstić information content (AvgIpc) is 2.95. The summed E-state index contributed by atoms with van der Waals surface area (Å²) in [4.78, 5) is 0. The van der Waals surface area contributed by atoms with Crippen LogP contribution >= 0.6 is 0 Å². The first-order valence-corrected chi connectivity index (χ1v) is 6.33. The molecule has 0 saturated heterocycles. The van der Waals surface area contributed by atoms with E-state index in [1.54, 1.807) is 30.3 Å². The lowest BCUT2D eigenvalue weighted by Crippen LogP contribution is -2.56. The van der Waals surface area contributed by atoms with Crippen molar-refractivity contribution in [3.63, 3.8) is 0 Å². The van der Waals surface area contributed by atoms with E-state index in [9.17, 15) is 18.3 Å². The molecule has 0 saturated carbocycles. The lowest BCUT2D eigenvalue weighted by Gasteiger charge is -2.34. The van der Waals surface area contributed by atoms with Crippen molar-refractivity contribution in [1.82, 2.24) is 15.0 Å². The van der Waals surface area contributed by atoms with Gasteiger partial charge in [-0.3, -0.25) is 0 Å². The molecule has 1 aromatic heterocycles. The monoisotopic (exact) mass is 300 g/mol. The minimum absolute atomic E-state index is 0.0595. The zero-order valence-electron chi connectivity index (χ0n) is 11.2.